The molecular formula is C18H20ClFN2O2. The fourth-order valence-electron chi connectivity index (χ4n) is 2.26. The summed E-state index contributed by atoms with van der Waals surface area (Å²) in [5.74, 6) is 0.0196. The number of halogens is 2. The maximum absolute atomic E-state index is 13.6. The van der Waals surface area contributed by atoms with E-state index in [0.29, 0.717) is 18.1 Å². The van der Waals surface area contributed by atoms with E-state index < -0.39 is 5.82 Å². The van der Waals surface area contributed by atoms with E-state index in [4.69, 9.17) is 16.3 Å². The second-order valence-electron chi connectivity index (χ2n) is 5.51. The molecule has 0 aliphatic rings. The van der Waals surface area contributed by atoms with Gasteiger partial charge in [-0.1, -0.05) is 23.7 Å². The van der Waals surface area contributed by atoms with Crippen molar-refractivity contribution in [3.05, 3.63) is 58.9 Å². The van der Waals surface area contributed by atoms with Crippen molar-refractivity contribution in [1.29, 1.82) is 0 Å². The summed E-state index contributed by atoms with van der Waals surface area (Å²) in [6.45, 7) is 1.25. The highest BCUT2D eigenvalue weighted by Crippen LogP contribution is 2.19. The predicted octanol–water partition coefficient (Wildman–Crippen LogP) is 3.95. The number of methoxy groups -OCH3 is 1. The van der Waals surface area contributed by atoms with E-state index >= 15 is 0 Å². The Hall–Kier alpha value is -2.11. The summed E-state index contributed by atoms with van der Waals surface area (Å²) < 4.78 is 18.8. The highest BCUT2D eigenvalue weighted by molar-refractivity contribution is 6.30. The van der Waals surface area contributed by atoms with Crippen LogP contribution in [0.3, 0.4) is 0 Å². The van der Waals surface area contributed by atoms with Crippen LogP contribution in [0.2, 0.25) is 5.02 Å². The Morgan fingerprint density at radius 2 is 2.08 bits per heavy atom. The SMILES string of the molecule is COc1cccc(CN(C)CCC(=O)Nc2ccc(Cl)cc2F)c1. The zero-order valence-corrected chi connectivity index (χ0v) is 14.4. The average molecular weight is 351 g/mol. The molecule has 0 heterocycles. The summed E-state index contributed by atoms with van der Waals surface area (Å²) in [5.41, 5.74) is 1.24. The highest BCUT2D eigenvalue weighted by Gasteiger charge is 2.09. The van der Waals surface area contributed by atoms with Crippen LogP contribution in [0, 0.1) is 5.82 Å². The molecule has 2 aromatic carbocycles. The molecule has 0 bridgehead atoms. The van der Waals surface area contributed by atoms with Gasteiger partial charge in [-0.25, -0.2) is 4.39 Å². The first-order valence-corrected chi connectivity index (χ1v) is 7.92. The lowest BCUT2D eigenvalue weighted by Crippen LogP contribution is -2.24. The fourth-order valence-corrected chi connectivity index (χ4v) is 2.42. The molecule has 0 saturated carbocycles. The van der Waals surface area contributed by atoms with E-state index in [2.05, 4.69) is 5.32 Å². The second-order valence-corrected chi connectivity index (χ2v) is 5.95. The van der Waals surface area contributed by atoms with Crippen molar-refractivity contribution >= 4 is 23.2 Å². The molecule has 0 radical (unpaired) electrons. The number of nitrogens with zero attached hydrogens (tertiary/aromatic N) is 1. The first-order valence-electron chi connectivity index (χ1n) is 7.54. The minimum Gasteiger partial charge on any atom is -0.497 e. The molecule has 2 aromatic rings. The van der Waals surface area contributed by atoms with E-state index in [-0.39, 0.29) is 18.0 Å². The molecule has 0 fully saturated rings. The second kappa shape index (κ2) is 8.66. The Morgan fingerprint density at radius 1 is 1.29 bits per heavy atom. The van der Waals surface area contributed by atoms with Crippen molar-refractivity contribution in [2.45, 2.75) is 13.0 Å². The zero-order valence-electron chi connectivity index (χ0n) is 13.7. The number of anilines is 1. The van der Waals surface area contributed by atoms with Crippen LogP contribution in [0.15, 0.2) is 42.5 Å². The van der Waals surface area contributed by atoms with Gasteiger partial charge >= 0.3 is 0 Å². The number of carbonyl (C=O) groups is 1. The smallest absolute Gasteiger partial charge is 0.225 e. The van der Waals surface area contributed by atoms with Crippen molar-refractivity contribution in [3.8, 4) is 5.75 Å². The summed E-state index contributed by atoms with van der Waals surface area (Å²) in [6, 6.07) is 11.9. The van der Waals surface area contributed by atoms with E-state index in [0.717, 1.165) is 11.3 Å². The molecule has 4 nitrogen and oxygen atoms in total. The fraction of sp³-hybridized carbons (Fsp3) is 0.278. The molecule has 1 N–H and O–H groups in total. The van der Waals surface area contributed by atoms with Gasteiger partial charge in [0.1, 0.15) is 11.6 Å². The van der Waals surface area contributed by atoms with Crippen LogP contribution in [-0.4, -0.2) is 31.5 Å². The number of hydrogen-bond donors (Lipinski definition) is 1. The minimum atomic E-state index is -0.541. The van der Waals surface area contributed by atoms with E-state index in [1.165, 1.54) is 18.2 Å². The topological polar surface area (TPSA) is 41.6 Å². The number of amides is 1. The number of carbonyl (C=O) groups excluding carboxylic acids is 1. The third-order valence-corrected chi connectivity index (χ3v) is 3.75. The number of hydrogen-bond acceptors (Lipinski definition) is 3. The quantitative estimate of drug-likeness (QED) is 0.822. The van der Waals surface area contributed by atoms with Crippen LogP contribution in [0.1, 0.15) is 12.0 Å². The molecule has 6 heteroatoms. The minimum absolute atomic E-state index is 0.139. The lowest BCUT2D eigenvalue weighted by molar-refractivity contribution is -0.116. The molecule has 0 unspecified atom stereocenters. The number of benzene rings is 2. The molecule has 0 aromatic heterocycles. The third kappa shape index (κ3) is 5.51. The molecule has 0 aliphatic heterocycles. The molecule has 1 amide bonds. The maximum Gasteiger partial charge on any atom is 0.225 e. The molecule has 0 atom stereocenters. The molecule has 24 heavy (non-hydrogen) atoms. The van der Waals surface area contributed by atoms with Gasteiger partial charge in [-0.15, -0.1) is 0 Å². The van der Waals surface area contributed by atoms with Gasteiger partial charge in [0.25, 0.3) is 0 Å². The normalized spacial score (nSPS) is 10.7. The molecule has 0 saturated heterocycles. The largest absolute Gasteiger partial charge is 0.497 e. The van der Waals surface area contributed by atoms with Gasteiger partial charge in [-0.2, -0.15) is 0 Å². The van der Waals surface area contributed by atoms with E-state index in [1.807, 2.05) is 36.2 Å². The van der Waals surface area contributed by atoms with Gasteiger partial charge in [0.05, 0.1) is 12.8 Å². The zero-order chi connectivity index (χ0) is 17.5. The summed E-state index contributed by atoms with van der Waals surface area (Å²) in [4.78, 5) is 14.0. The maximum atomic E-state index is 13.6. The first kappa shape index (κ1) is 18.2. The lowest BCUT2D eigenvalue weighted by atomic mass is 10.2. The van der Waals surface area contributed by atoms with Gasteiger partial charge in [0, 0.05) is 24.5 Å². The molecule has 0 aliphatic carbocycles. The van der Waals surface area contributed by atoms with Crippen molar-refractivity contribution in [3.63, 3.8) is 0 Å². The van der Waals surface area contributed by atoms with Crippen LogP contribution < -0.4 is 10.1 Å². The Kier molecular flexibility index (Phi) is 6.58. The Labute approximate surface area is 146 Å². The van der Waals surface area contributed by atoms with Crippen LogP contribution in [0.5, 0.6) is 5.75 Å². The van der Waals surface area contributed by atoms with Crippen LogP contribution in [-0.2, 0) is 11.3 Å². The summed E-state index contributed by atoms with van der Waals surface area (Å²) in [5, 5.41) is 2.85. The van der Waals surface area contributed by atoms with Crippen molar-refractivity contribution in [2.75, 3.05) is 26.0 Å². The Bertz CT molecular complexity index is 709. The highest BCUT2D eigenvalue weighted by atomic mass is 35.5. The lowest BCUT2D eigenvalue weighted by Gasteiger charge is -2.17. The van der Waals surface area contributed by atoms with Crippen LogP contribution in [0.25, 0.3) is 0 Å². The monoisotopic (exact) mass is 350 g/mol. The number of rotatable bonds is 7. The van der Waals surface area contributed by atoms with E-state index in [9.17, 15) is 9.18 Å². The van der Waals surface area contributed by atoms with Gasteiger partial charge in [0.15, 0.2) is 0 Å². The van der Waals surface area contributed by atoms with Crippen molar-refractivity contribution in [1.82, 2.24) is 4.90 Å². The standard InChI is InChI=1S/C18H20ClFN2O2/c1-22(12-13-4-3-5-15(10-13)24-2)9-8-18(23)21-17-7-6-14(19)11-16(17)20/h3-7,10-11H,8-9,12H2,1-2H3,(H,21,23). The predicted molar refractivity (Wildman–Crippen MR) is 94.0 cm³/mol. The Balaban J connectivity index is 1.82. The summed E-state index contributed by atoms with van der Waals surface area (Å²) >= 11 is 5.69. The molecule has 0 spiro atoms. The number of ether oxygens (including phenoxy) is 1. The van der Waals surface area contributed by atoms with Crippen LogP contribution >= 0.6 is 11.6 Å². The number of nitrogens with one attached hydrogen (secondary N) is 1. The van der Waals surface area contributed by atoms with Crippen molar-refractivity contribution < 1.29 is 13.9 Å². The third-order valence-electron chi connectivity index (χ3n) is 3.51. The van der Waals surface area contributed by atoms with Gasteiger partial charge in [-0.3, -0.25) is 4.79 Å². The molecule has 128 valence electrons. The first-order chi connectivity index (χ1) is 11.5. The van der Waals surface area contributed by atoms with E-state index in [1.54, 1.807) is 7.11 Å². The molecule has 2 rings (SSSR count). The van der Waals surface area contributed by atoms with Crippen molar-refractivity contribution in [2.24, 2.45) is 0 Å². The Morgan fingerprint density at radius 3 is 2.79 bits per heavy atom. The van der Waals surface area contributed by atoms with Gasteiger partial charge < -0.3 is 15.0 Å². The molecular weight excluding hydrogens is 331 g/mol. The summed E-state index contributed by atoms with van der Waals surface area (Å²) in [7, 11) is 3.55. The van der Waals surface area contributed by atoms with Crippen LogP contribution in [0.4, 0.5) is 10.1 Å². The van der Waals surface area contributed by atoms with Gasteiger partial charge in [0.2, 0.25) is 5.91 Å². The average Bonchev–Trinajstić information content (AvgIpc) is 2.56. The van der Waals surface area contributed by atoms with Gasteiger partial charge in [-0.05, 0) is 42.9 Å². The summed E-state index contributed by atoms with van der Waals surface area (Å²) in [6.07, 6.45) is 0.266.